The van der Waals surface area contributed by atoms with Crippen LogP contribution < -0.4 is 10.1 Å². The molecule has 2 atom stereocenters. The van der Waals surface area contributed by atoms with Crippen molar-refractivity contribution in [2.45, 2.75) is 78.0 Å². The van der Waals surface area contributed by atoms with Crippen molar-refractivity contribution in [1.82, 2.24) is 24.6 Å². The lowest BCUT2D eigenvalue weighted by atomic mass is 9.69. The Morgan fingerprint density at radius 1 is 1.11 bits per heavy atom. The van der Waals surface area contributed by atoms with Crippen LogP contribution >= 0.6 is 0 Å². The van der Waals surface area contributed by atoms with Gasteiger partial charge in [0, 0.05) is 19.0 Å². The summed E-state index contributed by atoms with van der Waals surface area (Å²) in [5.41, 5.74) is 4.66. The molecule has 0 fully saturated rings. The highest BCUT2D eigenvalue weighted by molar-refractivity contribution is 7.89. The summed E-state index contributed by atoms with van der Waals surface area (Å²) in [6.07, 6.45) is 0.309. The fourth-order valence-electron chi connectivity index (χ4n) is 6.26. The lowest BCUT2D eigenvalue weighted by Crippen LogP contribution is -2.43. The summed E-state index contributed by atoms with van der Waals surface area (Å²) in [6.45, 7) is 11.9. The zero-order chi connectivity index (χ0) is 33.4. The average Bonchev–Trinajstić information content (AvgIpc) is 3.41. The number of rotatable bonds is 10. The summed E-state index contributed by atoms with van der Waals surface area (Å²) in [5, 5.41) is 20.6. The molecule has 5 rings (SSSR count). The summed E-state index contributed by atoms with van der Waals surface area (Å²) >= 11 is 0. The third kappa shape index (κ3) is 6.11. The van der Waals surface area contributed by atoms with Crippen molar-refractivity contribution in [2.24, 2.45) is 5.41 Å². The summed E-state index contributed by atoms with van der Waals surface area (Å²) in [6, 6.07) is 16.5. The number of ether oxygens (including phenoxy) is 1. The van der Waals surface area contributed by atoms with E-state index < -0.39 is 39.8 Å². The number of carboxylic acids is 1. The number of aromatic nitrogens is 3. The topological polar surface area (TPSA) is 144 Å². The molecule has 4 aromatic rings. The standard InChI is InChI=1S/C34H41N5O6S/c1-7-25-20-38(46(43,44)29-12-10-9-11-28(29)45-25)19-24-17-23(14-13-21(24)3)31(34(5,6)33(42)35-18-30(40)41)26-15-16-27-32(22(26)4)36-37-39(27)8-2/h9-17,25,31H,7-8,18-20H2,1-6H3,(H,35,42)(H,40,41)/t25-,31?/m1/s1. The molecule has 244 valence electrons. The minimum Gasteiger partial charge on any atom is -0.488 e. The molecule has 0 radical (unpaired) electrons. The monoisotopic (exact) mass is 647 g/mol. The Kier molecular flexibility index (Phi) is 9.23. The minimum absolute atomic E-state index is 0.109. The number of nitrogens with one attached hydrogen (secondary N) is 1. The van der Waals surface area contributed by atoms with Crippen LogP contribution in [0.2, 0.25) is 0 Å². The smallest absolute Gasteiger partial charge is 0.322 e. The van der Waals surface area contributed by atoms with Gasteiger partial charge in [-0.25, -0.2) is 13.1 Å². The number of nitrogens with zero attached hydrogens (tertiary/aromatic N) is 4. The molecule has 0 saturated carbocycles. The van der Waals surface area contributed by atoms with Gasteiger partial charge in [-0.3, -0.25) is 9.59 Å². The molecular formula is C34H41N5O6S. The molecule has 2 heterocycles. The highest BCUT2D eigenvalue weighted by Crippen LogP contribution is 2.44. The molecule has 12 heteroatoms. The Labute approximate surface area is 269 Å². The second-order valence-corrected chi connectivity index (χ2v) is 14.3. The number of para-hydroxylation sites is 1. The van der Waals surface area contributed by atoms with Gasteiger partial charge in [-0.1, -0.05) is 62.4 Å². The van der Waals surface area contributed by atoms with Crippen LogP contribution in [0.4, 0.5) is 0 Å². The molecule has 0 spiro atoms. The van der Waals surface area contributed by atoms with E-state index in [0.717, 1.165) is 38.9 Å². The van der Waals surface area contributed by atoms with Crippen LogP contribution in [0.25, 0.3) is 11.0 Å². The highest BCUT2D eigenvalue weighted by Gasteiger charge is 2.41. The molecular weight excluding hydrogens is 606 g/mol. The van der Waals surface area contributed by atoms with Crippen molar-refractivity contribution >= 4 is 32.9 Å². The van der Waals surface area contributed by atoms with Gasteiger partial charge in [0.05, 0.1) is 17.5 Å². The van der Waals surface area contributed by atoms with Gasteiger partial charge in [-0.15, -0.1) is 5.10 Å². The SMILES string of the molecule is CC[C@@H]1CN(Cc2cc(C(c3ccc4c(nnn4CC)c3C)C(C)(C)C(=O)NCC(=O)O)ccc2C)S(=O)(=O)c2ccccc2O1. The Hall–Kier alpha value is -4.29. The lowest BCUT2D eigenvalue weighted by molar-refractivity contribution is -0.139. The van der Waals surface area contributed by atoms with Gasteiger partial charge in [-0.2, -0.15) is 4.31 Å². The highest BCUT2D eigenvalue weighted by atomic mass is 32.2. The summed E-state index contributed by atoms with van der Waals surface area (Å²) < 4.78 is 37.3. The normalized spacial score (nSPS) is 17.1. The van der Waals surface area contributed by atoms with Gasteiger partial charge in [-0.05, 0) is 73.2 Å². The molecule has 46 heavy (non-hydrogen) atoms. The first-order valence-corrected chi connectivity index (χ1v) is 16.9. The maximum atomic E-state index is 13.9. The maximum absolute atomic E-state index is 13.9. The number of carbonyl (C=O) groups is 2. The second kappa shape index (κ2) is 12.8. The van der Waals surface area contributed by atoms with Crippen molar-refractivity contribution in [3.8, 4) is 5.75 Å². The van der Waals surface area contributed by atoms with Crippen LogP contribution in [-0.2, 0) is 32.7 Å². The average molecular weight is 648 g/mol. The number of hydrogen-bond acceptors (Lipinski definition) is 7. The number of carboxylic acid groups (broad SMARTS) is 1. The number of hydrogen-bond donors (Lipinski definition) is 2. The zero-order valence-corrected chi connectivity index (χ0v) is 27.9. The fourth-order valence-corrected chi connectivity index (χ4v) is 7.83. The van der Waals surface area contributed by atoms with Crippen LogP contribution in [0.1, 0.15) is 67.9 Å². The number of aryl methyl sites for hydroxylation is 3. The first kappa shape index (κ1) is 33.1. The molecule has 0 saturated heterocycles. The van der Waals surface area contributed by atoms with Crippen LogP contribution in [0.15, 0.2) is 59.5 Å². The summed E-state index contributed by atoms with van der Waals surface area (Å²) in [4.78, 5) is 25.1. The Morgan fingerprint density at radius 3 is 2.54 bits per heavy atom. The van der Waals surface area contributed by atoms with Crippen molar-refractivity contribution in [2.75, 3.05) is 13.1 Å². The summed E-state index contributed by atoms with van der Waals surface area (Å²) in [7, 11) is -3.88. The van der Waals surface area contributed by atoms with E-state index in [2.05, 4.69) is 15.6 Å². The van der Waals surface area contributed by atoms with E-state index in [1.165, 1.54) is 4.31 Å². The van der Waals surface area contributed by atoms with E-state index in [1.54, 1.807) is 38.1 Å². The summed E-state index contributed by atoms with van der Waals surface area (Å²) in [5.74, 6) is -1.75. The van der Waals surface area contributed by atoms with Crippen LogP contribution in [0.5, 0.6) is 5.75 Å². The van der Waals surface area contributed by atoms with Gasteiger partial charge in [0.15, 0.2) is 0 Å². The van der Waals surface area contributed by atoms with Crippen LogP contribution in [-0.4, -0.2) is 63.9 Å². The zero-order valence-electron chi connectivity index (χ0n) is 27.1. The number of carbonyl (C=O) groups excluding carboxylic acids is 1. The van der Waals surface area contributed by atoms with Crippen molar-refractivity contribution in [3.05, 3.63) is 82.4 Å². The number of aliphatic carboxylic acids is 1. The van der Waals surface area contributed by atoms with E-state index in [9.17, 15) is 23.1 Å². The Balaban J connectivity index is 1.63. The van der Waals surface area contributed by atoms with Crippen molar-refractivity contribution in [1.29, 1.82) is 0 Å². The van der Waals surface area contributed by atoms with E-state index in [1.807, 2.05) is 62.7 Å². The number of benzene rings is 3. The minimum atomic E-state index is -3.88. The van der Waals surface area contributed by atoms with E-state index in [-0.39, 0.29) is 24.1 Å². The first-order chi connectivity index (χ1) is 21.8. The van der Waals surface area contributed by atoms with Gasteiger partial charge >= 0.3 is 5.97 Å². The quantitative estimate of drug-likeness (QED) is 0.250. The van der Waals surface area contributed by atoms with Gasteiger partial charge < -0.3 is 15.2 Å². The molecule has 11 nitrogen and oxygen atoms in total. The second-order valence-electron chi connectivity index (χ2n) is 12.4. The van der Waals surface area contributed by atoms with Gasteiger partial charge in [0.1, 0.15) is 28.8 Å². The lowest BCUT2D eigenvalue weighted by Gasteiger charge is -2.35. The van der Waals surface area contributed by atoms with Gasteiger partial charge in [0.25, 0.3) is 0 Å². The van der Waals surface area contributed by atoms with E-state index >= 15 is 0 Å². The third-order valence-corrected chi connectivity index (χ3v) is 10.8. The largest absolute Gasteiger partial charge is 0.488 e. The van der Waals surface area contributed by atoms with Crippen LogP contribution in [0, 0.1) is 19.3 Å². The fraction of sp³-hybridized carbons (Fsp3) is 0.412. The molecule has 1 aromatic heterocycles. The Bertz CT molecular complexity index is 1900. The molecule has 0 bridgehead atoms. The Morgan fingerprint density at radius 2 is 1.85 bits per heavy atom. The molecule has 1 aliphatic rings. The van der Waals surface area contributed by atoms with E-state index in [4.69, 9.17) is 4.74 Å². The molecule has 2 N–H and O–H groups in total. The van der Waals surface area contributed by atoms with Crippen molar-refractivity contribution < 1.29 is 27.9 Å². The van der Waals surface area contributed by atoms with Crippen molar-refractivity contribution in [3.63, 3.8) is 0 Å². The predicted molar refractivity (Wildman–Crippen MR) is 174 cm³/mol. The predicted octanol–water partition coefficient (Wildman–Crippen LogP) is 4.79. The molecule has 1 unspecified atom stereocenters. The van der Waals surface area contributed by atoms with Gasteiger partial charge in [0.2, 0.25) is 15.9 Å². The molecule has 1 amide bonds. The van der Waals surface area contributed by atoms with Crippen LogP contribution in [0.3, 0.4) is 0 Å². The maximum Gasteiger partial charge on any atom is 0.322 e. The van der Waals surface area contributed by atoms with E-state index in [0.29, 0.717) is 18.7 Å². The molecule has 3 aromatic carbocycles. The first-order valence-electron chi connectivity index (χ1n) is 15.5. The third-order valence-electron chi connectivity index (χ3n) is 8.98. The molecule has 0 aliphatic carbocycles. The number of fused-ring (bicyclic) bond motifs is 2. The number of amides is 1. The molecule has 1 aliphatic heterocycles. The number of sulfonamides is 1.